The van der Waals surface area contributed by atoms with Gasteiger partial charge in [-0.25, -0.2) is 4.68 Å². The third-order valence-corrected chi connectivity index (χ3v) is 3.37. The molecule has 1 aromatic carbocycles. The number of benzene rings is 1. The number of aromatic nitrogens is 2. The Morgan fingerprint density at radius 3 is 2.75 bits per heavy atom. The molecule has 7 heteroatoms. The van der Waals surface area contributed by atoms with Crippen molar-refractivity contribution in [3.63, 3.8) is 0 Å². The maximum atomic E-state index is 5.29. The van der Waals surface area contributed by atoms with Crippen LogP contribution >= 0.6 is 24.0 Å². The molecule has 6 nitrogen and oxygen atoms in total. The number of hydrogen-bond acceptors (Lipinski definition) is 3. The van der Waals surface area contributed by atoms with Crippen molar-refractivity contribution in [2.75, 3.05) is 7.05 Å². The molecule has 0 amide bonds. The van der Waals surface area contributed by atoms with Crippen molar-refractivity contribution in [1.82, 2.24) is 20.4 Å². The average Bonchev–Trinajstić information content (AvgIpc) is 3.29. The van der Waals surface area contributed by atoms with Gasteiger partial charge in [-0.05, 0) is 35.9 Å². The number of aliphatic imine (C=N–C) groups is 1. The van der Waals surface area contributed by atoms with Crippen molar-refractivity contribution in [3.05, 3.63) is 72.4 Å². The lowest BCUT2D eigenvalue weighted by Crippen LogP contribution is -2.36. The van der Waals surface area contributed by atoms with Crippen LogP contribution < -0.4 is 10.6 Å². The van der Waals surface area contributed by atoms with Crippen LogP contribution in [0, 0.1) is 0 Å². The molecule has 0 spiro atoms. The number of hydrogen-bond donors (Lipinski definition) is 2. The normalized spacial score (nSPS) is 11.0. The van der Waals surface area contributed by atoms with Crippen LogP contribution in [0.2, 0.25) is 0 Å². The Kier molecular flexibility index (Phi) is 6.86. The van der Waals surface area contributed by atoms with Gasteiger partial charge in [-0.15, -0.1) is 24.0 Å². The molecule has 0 aliphatic rings. The van der Waals surface area contributed by atoms with Crippen molar-refractivity contribution in [3.8, 4) is 5.69 Å². The summed E-state index contributed by atoms with van der Waals surface area (Å²) in [6.07, 6.45) is 5.36. The maximum absolute atomic E-state index is 5.29. The second-order valence-electron chi connectivity index (χ2n) is 4.98. The second-order valence-corrected chi connectivity index (χ2v) is 4.98. The van der Waals surface area contributed by atoms with E-state index in [0.717, 1.165) is 23.0 Å². The van der Waals surface area contributed by atoms with Crippen LogP contribution in [-0.2, 0) is 13.1 Å². The average molecular weight is 437 g/mol. The lowest BCUT2D eigenvalue weighted by molar-refractivity contribution is 0.501. The Hall–Kier alpha value is -2.29. The molecule has 2 heterocycles. The Balaban J connectivity index is 0.00000208. The van der Waals surface area contributed by atoms with Crippen LogP contribution in [0.1, 0.15) is 11.3 Å². The van der Waals surface area contributed by atoms with Crippen molar-refractivity contribution < 1.29 is 4.42 Å². The molecule has 0 fully saturated rings. The smallest absolute Gasteiger partial charge is 0.191 e. The molecule has 0 aliphatic carbocycles. The highest BCUT2D eigenvalue weighted by Crippen LogP contribution is 2.09. The standard InChI is InChI=1S/C17H19N5O.HI/c1-18-17(20-13-16-7-3-10-23-16)19-12-14-5-2-6-15(11-14)22-9-4-8-21-22;/h2-11H,12-13H2,1H3,(H2,18,19,20);1H. The van der Waals surface area contributed by atoms with Crippen molar-refractivity contribution in [2.45, 2.75) is 13.1 Å². The van der Waals surface area contributed by atoms with E-state index in [-0.39, 0.29) is 24.0 Å². The second kappa shape index (κ2) is 9.11. The fraction of sp³-hybridized carbons (Fsp3) is 0.176. The Morgan fingerprint density at radius 2 is 2.04 bits per heavy atom. The molecule has 0 radical (unpaired) electrons. The van der Waals surface area contributed by atoms with Gasteiger partial charge in [0, 0.05) is 26.0 Å². The summed E-state index contributed by atoms with van der Waals surface area (Å²) in [5.41, 5.74) is 2.19. The highest BCUT2D eigenvalue weighted by atomic mass is 127. The van der Waals surface area contributed by atoms with E-state index in [4.69, 9.17) is 4.42 Å². The molecule has 2 N–H and O–H groups in total. The van der Waals surface area contributed by atoms with E-state index in [2.05, 4.69) is 32.9 Å². The lowest BCUT2D eigenvalue weighted by atomic mass is 10.2. The summed E-state index contributed by atoms with van der Waals surface area (Å²) in [5.74, 6) is 1.60. The van der Waals surface area contributed by atoms with Gasteiger partial charge in [-0.2, -0.15) is 5.10 Å². The molecule has 0 bridgehead atoms. The van der Waals surface area contributed by atoms with Gasteiger partial charge in [-0.3, -0.25) is 4.99 Å². The van der Waals surface area contributed by atoms with E-state index in [1.807, 2.05) is 41.2 Å². The maximum Gasteiger partial charge on any atom is 0.191 e. The van der Waals surface area contributed by atoms with Crippen LogP contribution in [-0.4, -0.2) is 22.8 Å². The number of nitrogens with one attached hydrogen (secondary N) is 2. The third-order valence-electron chi connectivity index (χ3n) is 3.37. The van der Waals surface area contributed by atoms with Crippen molar-refractivity contribution >= 4 is 29.9 Å². The van der Waals surface area contributed by atoms with Gasteiger partial charge in [0.15, 0.2) is 5.96 Å². The topological polar surface area (TPSA) is 67.4 Å². The Labute approximate surface area is 158 Å². The summed E-state index contributed by atoms with van der Waals surface area (Å²) in [6.45, 7) is 1.27. The van der Waals surface area contributed by atoms with Gasteiger partial charge in [0.2, 0.25) is 0 Å². The molecular formula is C17H20IN5O. The van der Waals surface area contributed by atoms with E-state index < -0.39 is 0 Å². The highest BCUT2D eigenvalue weighted by Gasteiger charge is 2.02. The number of nitrogens with zero attached hydrogens (tertiary/aromatic N) is 3. The summed E-state index contributed by atoms with van der Waals surface area (Å²) < 4.78 is 7.13. The molecule has 3 aromatic rings. The molecule has 0 saturated heterocycles. The first-order valence-electron chi connectivity index (χ1n) is 7.41. The molecule has 0 aliphatic heterocycles. The molecule has 0 unspecified atom stereocenters. The summed E-state index contributed by atoms with van der Waals surface area (Å²) in [6, 6.07) is 13.9. The van der Waals surface area contributed by atoms with E-state index in [9.17, 15) is 0 Å². The molecule has 24 heavy (non-hydrogen) atoms. The van der Waals surface area contributed by atoms with Crippen LogP contribution in [0.15, 0.2) is 70.5 Å². The molecule has 126 valence electrons. The fourth-order valence-corrected chi connectivity index (χ4v) is 2.22. The zero-order valence-corrected chi connectivity index (χ0v) is 15.7. The van der Waals surface area contributed by atoms with Gasteiger partial charge >= 0.3 is 0 Å². The third kappa shape index (κ3) is 4.85. The molecule has 3 rings (SSSR count). The van der Waals surface area contributed by atoms with E-state index in [1.54, 1.807) is 19.5 Å². The minimum atomic E-state index is 0. The van der Waals surface area contributed by atoms with Gasteiger partial charge in [0.1, 0.15) is 5.76 Å². The minimum absolute atomic E-state index is 0. The summed E-state index contributed by atoms with van der Waals surface area (Å²) in [4.78, 5) is 4.21. The number of halogens is 1. The molecule has 2 aromatic heterocycles. The summed E-state index contributed by atoms with van der Waals surface area (Å²) >= 11 is 0. The lowest BCUT2D eigenvalue weighted by Gasteiger charge is -2.11. The summed E-state index contributed by atoms with van der Waals surface area (Å²) in [5, 5.41) is 10.7. The van der Waals surface area contributed by atoms with Crippen molar-refractivity contribution in [1.29, 1.82) is 0 Å². The van der Waals surface area contributed by atoms with Gasteiger partial charge < -0.3 is 15.1 Å². The van der Waals surface area contributed by atoms with Crippen LogP contribution in [0.3, 0.4) is 0 Å². The summed E-state index contributed by atoms with van der Waals surface area (Å²) in [7, 11) is 1.75. The first-order valence-corrected chi connectivity index (χ1v) is 7.41. The van der Waals surface area contributed by atoms with Crippen LogP contribution in [0.4, 0.5) is 0 Å². The van der Waals surface area contributed by atoms with Gasteiger partial charge in [0.05, 0.1) is 18.5 Å². The predicted octanol–water partition coefficient (Wildman–Crippen LogP) is 2.95. The Morgan fingerprint density at radius 1 is 1.17 bits per heavy atom. The zero-order valence-electron chi connectivity index (χ0n) is 13.3. The highest BCUT2D eigenvalue weighted by molar-refractivity contribution is 14.0. The monoisotopic (exact) mass is 437 g/mol. The Bertz CT molecular complexity index is 753. The van der Waals surface area contributed by atoms with Gasteiger partial charge in [0.25, 0.3) is 0 Å². The fourth-order valence-electron chi connectivity index (χ4n) is 2.22. The number of furan rings is 1. The van der Waals surface area contributed by atoms with Crippen molar-refractivity contribution in [2.24, 2.45) is 4.99 Å². The molecule has 0 saturated carbocycles. The van der Waals surface area contributed by atoms with Crippen LogP contribution in [0.25, 0.3) is 5.69 Å². The first kappa shape index (κ1) is 18.1. The van der Waals surface area contributed by atoms with Gasteiger partial charge in [-0.1, -0.05) is 12.1 Å². The largest absolute Gasteiger partial charge is 0.467 e. The first-order chi connectivity index (χ1) is 11.3. The minimum Gasteiger partial charge on any atom is -0.467 e. The number of guanidine groups is 1. The zero-order chi connectivity index (χ0) is 15.9. The predicted molar refractivity (Wildman–Crippen MR) is 105 cm³/mol. The quantitative estimate of drug-likeness (QED) is 0.366. The molecule has 0 atom stereocenters. The van der Waals surface area contributed by atoms with E-state index in [1.165, 1.54) is 0 Å². The van der Waals surface area contributed by atoms with E-state index >= 15 is 0 Å². The van der Waals surface area contributed by atoms with Crippen LogP contribution in [0.5, 0.6) is 0 Å². The SMILES string of the molecule is CN=C(NCc1cccc(-n2cccn2)c1)NCc1ccco1.I. The molecular weight excluding hydrogens is 417 g/mol. The number of rotatable bonds is 5. The van der Waals surface area contributed by atoms with E-state index in [0.29, 0.717) is 13.1 Å².